The van der Waals surface area contributed by atoms with Gasteiger partial charge < -0.3 is 10.6 Å². The molecule has 0 aliphatic heterocycles. The maximum atomic E-state index is 13.1. The molecule has 0 saturated carbocycles. The highest BCUT2D eigenvalue weighted by molar-refractivity contribution is 5.95. The minimum Gasteiger partial charge on any atom is -0.396 e. The monoisotopic (exact) mass is 266 g/mol. The van der Waals surface area contributed by atoms with Gasteiger partial charge >= 0.3 is 0 Å². The van der Waals surface area contributed by atoms with Gasteiger partial charge in [-0.3, -0.25) is 4.79 Å². The van der Waals surface area contributed by atoms with Crippen LogP contribution in [0.2, 0.25) is 0 Å². The van der Waals surface area contributed by atoms with Gasteiger partial charge in [-0.15, -0.1) is 0 Å². The summed E-state index contributed by atoms with van der Waals surface area (Å²) >= 11 is 0. The van der Waals surface area contributed by atoms with Gasteiger partial charge in [-0.1, -0.05) is 20.3 Å². The zero-order valence-electron chi connectivity index (χ0n) is 11.9. The largest absolute Gasteiger partial charge is 0.396 e. The summed E-state index contributed by atoms with van der Waals surface area (Å²) < 4.78 is 13.1. The molecule has 0 heterocycles. The number of hydrogen-bond acceptors (Lipinski definition) is 2. The topological polar surface area (TPSA) is 46.3 Å². The molecular weight excluding hydrogens is 243 g/mol. The number of anilines is 1. The van der Waals surface area contributed by atoms with E-state index in [4.69, 9.17) is 5.73 Å². The Hall–Kier alpha value is -1.58. The Bertz CT molecular complexity index is 434. The van der Waals surface area contributed by atoms with Crippen molar-refractivity contribution in [1.82, 2.24) is 4.90 Å². The van der Waals surface area contributed by atoms with Crippen LogP contribution in [0.25, 0.3) is 0 Å². The van der Waals surface area contributed by atoms with Gasteiger partial charge in [0.1, 0.15) is 5.82 Å². The Morgan fingerprint density at radius 1 is 1.42 bits per heavy atom. The van der Waals surface area contributed by atoms with Gasteiger partial charge in [0.15, 0.2) is 0 Å². The minimum atomic E-state index is -0.486. The zero-order chi connectivity index (χ0) is 14.4. The summed E-state index contributed by atoms with van der Waals surface area (Å²) in [4.78, 5) is 14.3. The number of rotatable bonds is 6. The van der Waals surface area contributed by atoms with E-state index in [1.807, 2.05) is 11.8 Å². The number of nitrogens with zero attached hydrogens (tertiary/aromatic N) is 1. The summed E-state index contributed by atoms with van der Waals surface area (Å²) in [5.41, 5.74) is 5.99. The lowest BCUT2D eigenvalue weighted by Gasteiger charge is -2.28. The maximum Gasteiger partial charge on any atom is 0.254 e. The van der Waals surface area contributed by atoms with Crippen molar-refractivity contribution >= 4 is 11.6 Å². The predicted octanol–water partition coefficient (Wildman–Crippen LogP) is 3.45. The fourth-order valence-electron chi connectivity index (χ4n) is 1.91. The summed E-state index contributed by atoms with van der Waals surface area (Å²) in [7, 11) is 0. The van der Waals surface area contributed by atoms with Crippen LogP contribution in [0.5, 0.6) is 0 Å². The average Bonchev–Trinajstić information content (AvgIpc) is 2.41. The van der Waals surface area contributed by atoms with Crippen molar-refractivity contribution in [3.05, 3.63) is 29.6 Å². The first-order valence-corrected chi connectivity index (χ1v) is 6.87. The fourth-order valence-corrected chi connectivity index (χ4v) is 1.91. The van der Waals surface area contributed by atoms with E-state index in [2.05, 4.69) is 13.8 Å². The molecule has 1 aromatic carbocycles. The van der Waals surface area contributed by atoms with E-state index in [-0.39, 0.29) is 17.6 Å². The predicted molar refractivity (Wildman–Crippen MR) is 76.5 cm³/mol. The molecule has 1 unspecified atom stereocenters. The number of nitrogens with two attached hydrogens (primary N) is 1. The Balaban J connectivity index is 2.94. The Morgan fingerprint density at radius 2 is 2.11 bits per heavy atom. The second-order valence-corrected chi connectivity index (χ2v) is 4.85. The van der Waals surface area contributed by atoms with Crippen LogP contribution in [-0.4, -0.2) is 23.4 Å². The minimum absolute atomic E-state index is 0.0189. The molecule has 4 heteroatoms. The van der Waals surface area contributed by atoms with Crippen molar-refractivity contribution in [3.8, 4) is 0 Å². The Kier molecular flexibility index (Phi) is 5.80. The van der Waals surface area contributed by atoms with Crippen LogP contribution >= 0.6 is 0 Å². The molecule has 0 spiro atoms. The molecule has 1 amide bonds. The smallest absolute Gasteiger partial charge is 0.254 e. The van der Waals surface area contributed by atoms with Crippen LogP contribution in [0.4, 0.5) is 10.1 Å². The highest BCUT2D eigenvalue weighted by Crippen LogP contribution is 2.16. The van der Waals surface area contributed by atoms with Crippen molar-refractivity contribution in [3.63, 3.8) is 0 Å². The first-order chi connectivity index (χ1) is 9.01. The van der Waals surface area contributed by atoms with Crippen LogP contribution in [0, 0.1) is 5.82 Å². The molecule has 2 N–H and O–H groups in total. The van der Waals surface area contributed by atoms with Crippen LogP contribution in [0.3, 0.4) is 0 Å². The Labute approximate surface area is 114 Å². The van der Waals surface area contributed by atoms with Gasteiger partial charge in [0, 0.05) is 18.2 Å². The first-order valence-electron chi connectivity index (χ1n) is 6.87. The van der Waals surface area contributed by atoms with Crippen LogP contribution < -0.4 is 5.73 Å². The normalized spacial score (nSPS) is 12.2. The first kappa shape index (κ1) is 15.5. The van der Waals surface area contributed by atoms with Crippen molar-refractivity contribution in [2.45, 2.75) is 46.1 Å². The van der Waals surface area contributed by atoms with Crippen LogP contribution in [0.1, 0.15) is 50.4 Å². The van der Waals surface area contributed by atoms with Gasteiger partial charge in [-0.2, -0.15) is 0 Å². The summed E-state index contributed by atoms with van der Waals surface area (Å²) in [6.07, 6.45) is 2.89. The van der Waals surface area contributed by atoms with E-state index in [1.165, 1.54) is 18.2 Å². The Morgan fingerprint density at radius 3 is 2.63 bits per heavy atom. The van der Waals surface area contributed by atoms with Gasteiger partial charge in [0.2, 0.25) is 0 Å². The summed E-state index contributed by atoms with van der Waals surface area (Å²) in [6, 6.07) is 4.33. The van der Waals surface area contributed by atoms with E-state index < -0.39 is 5.82 Å². The molecular formula is C15H23FN2O. The number of benzene rings is 1. The van der Waals surface area contributed by atoms with Crippen molar-refractivity contribution in [2.24, 2.45) is 0 Å². The average molecular weight is 266 g/mol. The van der Waals surface area contributed by atoms with Crippen molar-refractivity contribution in [1.29, 1.82) is 0 Å². The molecule has 0 bridgehead atoms. The SMILES string of the molecule is CCCCN(C(=O)c1ccc(F)c(N)c1)C(C)CC. The molecule has 1 atom stereocenters. The number of carbonyl (C=O) groups excluding carboxylic acids is 1. The summed E-state index contributed by atoms with van der Waals surface area (Å²) in [6.45, 7) is 6.90. The van der Waals surface area contributed by atoms with E-state index in [1.54, 1.807) is 0 Å². The lowest BCUT2D eigenvalue weighted by Crippen LogP contribution is -2.39. The third kappa shape index (κ3) is 3.94. The number of halogens is 1. The highest BCUT2D eigenvalue weighted by Gasteiger charge is 2.20. The van der Waals surface area contributed by atoms with E-state index in [9.17, 15) is 9.18 Å². The van der Waals surface area contributed by atoms with Gasteiger partial charge in [0.05, 0.1) is 5.69 Å². The van der Waals surface area contributed by atoms with Crippen molar-refractivity contribution in [2.75, 3.05) is 12.3 Å². The molecule has 0 radical (unpaired) electrons. The summed E-state index contributed by atoms with van der Waals surface area (Å²) in [5, 5.41) is 0. The third-order valence-corrected chi connectivity index (χ3v) is 3.38. The molecule has 1 aromatic rings. The number of unbranched alkanes of at least 4 members (excludes halogenated alkanes) is 1. The van der Waals surface area contributed by atoms with Gasteiger partial charge in [-0.05, 0) is 38.0 Å². The van der Waals surface area contributed by atoms with Gasteiger partial charge in [0.25, 0.3) is 5.91 Å². The standard InChI is InChI=1S/C15H23FN2O/c1-4-6-9-18(11(3)5-2)15(19)12-7-8-13(16)14(17)10-12/h7-8,10-11H,4-6,9,17H2,1-3H3. The third-order valence-electron chi connectivity index (χ3n) is 3.38. The van der Waals surface area contributed by atoms with Crippen LogP contribution in [-0.2, 0) is 0 Å². The zero-order valence-corrected chi connectivity index (χ0v) is 11.9. The quantitative estimate of drug-likeness (QED) is 0.802. The maximum absolute atomic E-state index is 13.1. The van der Waals surface area contributed by atoms with Gasteiger partial charge in [-0.25, -0.2) is 4.39 Å². The number of amides is 1. The molecule has 1 rings (SSSR count). The lowest BCUT2D eigenvalue weighted by atomic mass is 10.1. The second-order valence-electron chi connectivity index (χ2n) is 4.85. The number of nitrogen functional groups attached to an aromatic ring is 1. The molecule has 0 aliphatic carbocycles. The number of carbonyl (C=O) groups is 1. The molecule has 0 aliphatic rings. The van der Waals surface area contributed by atoms with E-state index in [0.717, 1.165) is 25.8 Å². The van der Waals surface area contributed by atoms with Crippen LogP contribution in [0.15, 0.2) is 18.2 Å². The summed E-state index contributed by atoms with van der Waals surface area (Å²) in [5.74, 6) is -0.560. The fraction of sp³-hybridized carbons (Fsp3) is 0.533. The molecule has 3 nitrogen and oxygen atoms in total. The molecule has 0 saturated heterocycles. The molecule has 0 fully saturated rings. The number of hydrogen-bond donors (Lipinski definition) is 1. The van der Waals surface area contributed by atoms with E-state index in [0.29, 0.717) is 5.56 Å². The second kappa shape index (κ2) is 7.12. The molecule has 106 valence electrons. The van der Waals surface area contributed by atoms with E-state index >= 15 is 0 Å². The molecule has 0 aromatic heterocycles. The highest BCUT2D eigenvalue weighted by atomic mass is 19.1. The lowest BCUT2D eigenvalue weighted by molar-refractivity contribution is 0.0685. The van der Waals surface area contributed by atoms with Crippen molar-refractivity contribution < 1.29 is 9.18 Å². The molecule has 19 heavy (non-hydrogen) atoms.